The van der Waals surface area contributed by atoms with Crippen molar-refractivity contribution >= 4 is 28.2 Å². The van der Waals surface area contributed by atoms with Crippen LogP contribution in [0.4, 0.5) is 5.69 Å². The van der Waals surface area contributed by atoms with E-state index in [1.165, 1.54) is 6.33 Å². The summed E-state index contributed by atoms with van der Waals surface area (Å²) in [5, 5.41) is 4.86. The molecule has 0 aliphatic carbocycles. The molecule has 0 N–H and O–H groups in total. The van der Waals surface area contributed by atoms with E-state index in [1.54, 1.807) is 23.1 Å². The third-order valence-corrected chi connectivity index (χ3v) is 5.20. The molecule has 1 aromatic heterocycles. The van der Waals surface area contributed by atoms with Crippen LogP contribution in [0.15, 0.2) is 64.8 Å². The van der Waals surface area contributed by atoms with E-state index in [0.717, 1.165) is 23.5 Å². The van der Waals surface area contributed by atoms with E-state index in [4.69, 9.17) is 4.74 Å². The van der Waals surface area contributed by atoms with Crippen LogP contribution in [0.3, 0.4) is 0 Å². The molecule has 146 valence electrons. The van der Waals surface area contributed by atoms with Crippen molar-refractivity contribution < 1.29 is 9.53 Å². The predicted molar refractivity (Wildman–Crippen MR) is 109 cm³/mol. The molecule has 2 aromatic carbocycles. The smallest absolute Gasteiger partial charge is 0.281 e. The number of carbonyl (C=O) groups is 1. The largest absolute Gasteiger partial charge is 0.379 e. The Morgan fingerprint density at radius 3 is 2.62 bits per heavy atom. The number of hydrogen-bond donors (Lipinski definition) is 0. The van der Waals surface area contributed by atoms with Crippen molar-refractivity contribution in [3.8, 4) is 0 Å². The molecular formula is C21H19N5O3. The van der Waals surface area contributed by atoms with Crippen LogP contribution >= 0.6 is 0 Å². The summed E-state index contributed by atoms with van der Waals surface area (Å²) in [6.07, 6.45) is 1.36. The lowest BCUT2D eigenvalue weighted by Gasteiger charge is -2.30. The molecule has 3 aromatic rings. The molecule has 0 spiro atoms. The van der Waals surface area contributed by atoms with Gasteiger partial charge in [0.2, 0.25) is 0 Å². The molecule has 0 radical (unpaired) electrons. The van der Waals surface area contributed by atoms with Gasteiger partial charge < -0.3 is 4.74 Å². The molecule has 0 unspecified atom stereocenters. The first-order valence-corrected chi connectivity index (χ1v) is 9.49. The Kier molecular flexibility index (Phi) is 4.42. The number of hydrogen-bond acceptors (Lipinski definition) is 6. The molecule has 8 nitrogen and oxygen atoms in total. The average Bonchev–Trinajstić information content (AvgIpc) is 3.02. The van der Waals surface area contributed by atoms with Crippen LogP contribution in [0.25, 0.3) is 10.9 Å². The van der Waals surface area contributed by atoms with Crippen molar-refractivity contribution in [3.63, 3.8) is 0 Å². The minimum atomic E-state index is -0.306. The van der Waals surface area contributed by atoms with Crippen molar-refractivity contribution in [2.75, 3.05) is 37.9 Å². The van der Waals surface area contributed by atoms with Crippen LogP contribution in [-0.4, -0.2) is 59.2 Å². The Bertz CT molecular complexity index is 1180. The van der Waals surface area contributed by atoms with Gasteiger partial charge in [0.05, 0.1) is 36.5 Å². The predicted octanol–water partition coefficient (Wildman–Crippen LogP) is 1.29. The maximum absolute atomic E-state index is 13.2. The number of carbonyl (C=O) groups excluding carboxylic acids is 1. The molecule has 5 rings (SSSR count). The molecule has 29 heavy (non-hydrogen) atoms. The monoisotopic (exact) mass is 389 g/mol. The number of fused-ring (bicyclic) bond motifs is 2. The second-order valence-electron chi connectivity index (χ2n) is 6.98. The zero-order valence-corrected chi connectivity index (χ0v) is 15.7. The molecule has 1 amide bonds. The maximum Gasteiger partial charge on any atom is 0.281 e. The highest BCUT2D eigenvalue weighted by molar-refractivity contribution is 6.54. The van der Waals surface area contributed by atoms with Crippen LogP contribution in [-0.2, 0) is 9.53 Å². The number of benzene rings is 2. The van der Waals surface area contributed by atoms with Crippen LogP contribution in [0, 0.1) is 0 Å². The summed E-state index contributed by atoms with van der Waals surface area (Å²) in [6.45, 7) is 3.31. The fraction of sp³-hybridized carbons (Fsp3) is 0.238. The topological polar surface area (TPSA) is 80.0 Å². The molecule has 0 saturated carbocycles. The van der Waals surface area contributed by atoms with E-state index in [-0.39, 0.29) is 17.2 Å². The standard InChI is InChI=1S/C21H19N5O3/c27-20-15-5-1-3-7-17(15)22-13-26(20)23-19-16-6-2-4-8-18(16)25(21(19)28)14-24-9-11-29-12-10-24/h1-8,13H,9-12,14H2/b23-19-. The number of ether oxygens (including phenoxy) is 1. The van der Waals surface area contributed by atoms with E-state index < -0.39 is 0 Å². The van der Waals surface area contributed by atoms with Crippen LogP contribution < -0.4 is 10.5 Å². The van der Waals surface area contributed by atoms with E-state index in [2.05, 4.69) is 15.0 Å². The lowest BCUT2D eigenvalue weighted by atomic mass is 10.1. The molecule has 2 aliphatic rings. The Balaban J connectivity index is 1.56. The zero-order chi connectivity index (χ0) is 19.8. The van der Waals surface area contributed by atoms with Gasteiger partial charge in [0.15, 0.2) is 5.71 Å². The SMILES string of the molecule is O=C1/C(=N\n2cnc3ccccc3c2=O)c2ccccc2N1CN1CCOCC1. The van der Waals surface area contributed by atoms with Crippen LogP contribution in [0.2, 0.25) is 0 Å². The van der Waals surface area contributed by atoms with Crippen molar-refractivity contribution in [3.05, 3.63) is 70.8 Å². The number of nitrogens with zero attached hydrogens (tertiary/aromatic N) is 5. The van der Waals surface area contributed by atoms with Gasteiger partial charge in [0.1, 0.15) is 6.33 Å². The molecule has 2 aliphatic heterocycles. The second kappa shape index (κ2) is 7.23. The fourth-order valence-corrected chi connectivity index (χ4v) is 3.68. The number of anilines is 1. The first-order chi connectivity index (χ1) is 14.2. The summed E-state index contributed by atoms with van der Waals surface area (Å²) in [5.41, 5.74) is 2.05. The summed E-state index contributed by atoms with van der Waals surface area (Å²) in [4.78, 5) is 34.2. The number of para-hydroxylation sites is 2. The van der Waals surface area contributed by atoms with Gasteiger partial charge in [-0.25, -0.2) is 4.98 Å². The Morgan fingerprint density at radius 2 is 1.76 bits per heavy atom. The highest BCUT2D eigenvalue weighted by Crippen LogP contribution is 2.29. The summed E-state index contributed by atoms with van der Waals surface area (Å²) >= 11 is 0. The Morgan fingerprint density at radius 1 is 1.00 bits per heavy atom. The minimum absolute atomic E-state index is 0.224. The van der Waals surface area contributed by atoms with Crippen molar-refractivity contribution in [2.45, 2.75) is 0 Å². The molecule has 0 atom stereocenters. The summed E-state index contributed by atoms with van der Waals surface area (Å²) in [6, 6.07) is 14.6. The lowest BCUT2D eigenvalue weighted by Crippen LogP contribution is -2.46. The zero-order valence-electron chi connectivity index (χ0n) is 15.7. The van der Waals surface area contributed by atoms with Crippen LogP contribution in [0.1, 0.15) is 5.56 Å². The highest BCUT2D eigenvalue weighted by Gasteiger charge is 2.35. The molecular weight excluding hydrogens is 370 g/mol. The van der Waals surface area contributed by atoms with Gasteiger partial charge in [-0.15, -0.1) is 0 Å². The number of amides is 1. The molecule has 8 heteroatoms. The van der Waals surface area contributed by atoms with Gasteiger partial charge >= 0.3 is 0 Å². The van der Waals surface area contributed by atoms with E-state index in [1.807, 2.05) is 30.3 Å². The lowest BCUT2D eigenvalue weighted by molar-refractivity contribution is -0.112. The van der Waals surface area contributed by atoms with Gasteiger partial charge in [-0.05, 0) is 18.2 Å². The maximum atomic E-state index is 13.2. The van der Waals surface area contributed by atoms with Crippen LogP contribution in [0.5, 0.6) is 0 Å². The molecule has 1 saturated heterocycles. The average molecular weight is 389 g/mol. The Hall–Kier alpha value is -3.36. The normalized spacial score (nSPS) is 18.6. The van der Waals surface area contributed by atoms with Gasteiger partial charge in [-0.2, -0.15) is 9.78 Å². The van der Waals surface area contributed by atoms with Gasteiger partial charge in [0, 0.05) is 18.7 Å². The Labute approximate surface area is 166 Å². The quantitative estimate of drug-likeness (QED) is 0.674. The number of morpholine rings is 1. The van der Waals surface area contributed by atoms with Crippen molar-refractivity contribution in [1.29, 1.82) is 0 Å². The fourth-order valence-electron chi connectivity index (χ4n) is 3.68. The van der Waals surface area contributed by atoms with Gasteiger partial charge in [0.25, 0.3) is 11.5 Å². The third-order valence-electron chi connectivity index (χ3n) is 5.20. The second-order valence-corrected chi connectivity index (χ2v) is 6.98. The molecule has 0 bridgehead atoms. The first-order valence-electron chi connectivity index (χ1n) is 9.49. The van der Waals surface area contributed by atoms with E-state index in [0.29, 0.717) is 36.3 Å². The highest BCUT2D eigenvalue weighted by atomic mass is 16.5. The van der Waals surface area contributed by atoms with Gasteiger partial charge in [-0.1, -0.05) is 30.3 Å². The number of rotatable bonds is 3. The molecule has 3 heterocycles. The summed E-state index contributed by atoms with van der Waals surface area (Å²) in [5.74, 6) is -0.224. The van der Waals surface area contributed by atoms with E-state index in [9.17, 15) is 9.59 Å². The van der Waals surface area contributed by atoms with Crippen molar-refractivity contribution in [2.24, 2.45) is 5.10 Å². The number of aromatic nitrogens is 2. The third kappa shape index (κ3) is 3.12. The summed E-state index contributed by atoms with van der Waals surface area (Å²) in [7, 11) is 0. The molecule has 1 fully saturated rings. The van der Waals surface area contributed by atoms with Gasteiger partial charge in [-0.3, -0.25) is 19.4 Å². The minimum Gasteiger partial charge on any atom is -0.379 e. The summed E-state index contributed by atoms with van der Waals surface area (Å²) < 4.78 is 6.54. The van der Waals surface area contributed by atoms with E-state index >= 15 is 0 Å². The first kappa shape index (κ1) is 17.7. The van der Waals surface area contributed by atoms with Crippen molar-refractivity contribution in [1.82, 2.24) is 14.6 Å².